The second-order valence-corrected chi connectivity index (χ2v) is 9.64. The van der Waals surface area contributed by atoms with Crippen LogP contribution in [0.3, 0.4) is 0 Å². The molecule has 0 amide bonds. The summed E-state index contributed by atoms with van der Waals surface area (Å²) in [6.07, 6.45) is 1.33. The van der Waals surface area contributed by atoms with E-state index in [1.165, 1.54) is 6.33 Å². The average Bonchev–Trinajstić information content (AvgIpc) is 3.44. The first-order chi connectivity index (χ1) is 16.5. The number of nitrogens with one attached hydrogen (secondary N) is 1. The van der Waals surface area contributed by atoms with E-state index in [1.807, 2.05) is 24.3 Å². The fourth-order valence-electron chi connectivity index (χ4n) is 4.27. The highest BCUT2D eigenvalue weighted by Crippen LogP contribution is 2.40. The van der Waals surface area contributed by atoms with Gasteiger partial charge in [-0.15, -0.1) is 0 Å². The molecule has 3 heterocycles. The molecule has 2 aliphatic rings. The molecule has 0 aliphatic carbocycles. The van der Waals surface area contributed by atoms with Gasteiger partial charge in [0, 0.05) is 29.0 Å². The fraction of sp³-hybridized carbons (Fsp3) is 0.391. The van der Waals surface area contributed by atoms with Crippen molar-refractivity contribution in [2.24, 2.45) is 5.92 Å². The minimum absolute atomic E-state index is 0.0399. The molecule has 34 heavy (non-hydrogen) atoms. The van der Waals surface area contributed by atoms with Crippen LogP contribution in [0.15, 0.2) is 35.1 Å². The normalized spacial score (nSPS) is 23.8. The maximum absolute atomic E-state index is 6.40. The van der Waals surface area contributed by atoms with Crippen molar-refractivity contribution in [1.82, 2.24) is 9.97 Å². The minimum atomic E-state index is -0.0580. The van der Waals surface area contributed by atoms with Gasteiger partial charge in [-0.25, -0.2) is 9.97 Å². The number of hydrogen-bond donors (Lipinski definition) is 1. The van der Waals surface area contributed by atoms with Gasteiger partial charge < -0.3 is 29.0 Å². The van der Waals surface area contributed by atoms with Gasteiger partial charge >= 0.3 is 0 Å². The number of methoxy groups -OCH3 is 2. The first-order valence-electron chi connectivity index (χ1n) is 10.6. The van der Waals surface area contributed by atoms with E-state index in [2.05, 4.69) is 31.2 Å². The van der Waals surface area contributed by atoms with Crippen molar-refractivity contribution in [1.29, 1.82) is 0 Å². The fourth-order valence-corrected chi connectivity index (χ4v) is 5.09. The number of ether oxygens (including phenoxy) is 5. The summed E-state index contributed by atoms with van der Waals surface area (Å²) in [4.78, 5) is 8.79. The van der Waals surface area contributed by atoms with Crippen LogP contribution in [-0.4, -0.2) is 62.3 Å². The third-order valence-corrected chi connectivity index (χ3v) is 7.85. The lowest BCUT2D eigenvalue weighted by Crippen LogP contribution is -2.32. The van der Waals surface area contributed by atoms with Crippen LogP contribution in [-0.2, 0) is 14.2 Å². The number of fused-ring (bicyclic) bond motifs is 2. The molecule has 8 nitrogen and oxygen atoms in total. The summed E-state index contributed by atoms with van der Waals surface area (Å²) in [5.41, 5.74) is 1.31. The molecule has 5 rings (SSSR count). The molecule has 1 N–H and O–H groups in total. The van der Waals surface area contributed by atoms with Crippen molar-refractivity contribution in [3.8, 4) is 11.5 Å². The second-order valence-electron chi connectivity index (χ2n) is 8.03. The van der Waals surface area contributed by atoms with Gasteiger partial charge in [-0.1, -0.05) is 23.2 Å². The van der Waals surface area contributed by atoms with Crippen molar-refractivity contribution < 1.29 is 23.7 Å². The van der Waals surface area contributed by atoms with Crippen LogP contribution in [0.1, 0.15) is 0 Å². The zero-order valence-electron chi connectivity index (χ0n) is 18.4. The molecule has 2 aromatic carbocycles. The highest BCUT2D eigenvalue weighted by molar-refractivity contribution is 9.10. The van der Waals surface area contributed by atoms with E-state index in [0.29, 0.717) is 62.9 Å². The number of aromatic nitrogens is 2. The molecule has 3 aromatic rings. The van der Waals surface area contributed by atoms with Crippen LogP contribution in [0.25, 0.3) is 10.9 Å². The Bertz CT molecular complexity index is 1220. The largest absolute Gasteiger partial charge is 0.493 e. The molecular weight excluding hydrogens is 549 g/mol. The summed E-state index contributed by atoms with van der Waals surface area (Å²) in [5, 5.41) is 4.78. The van der Waals surface area contributed by atoms with Gasteiger partial charge in [-0.05, 0) is 34.1 Å². The molecule has 2 aliphatic heterocycles. The van der Waals surface area contributed by atoms with Crippen molar-refractivity contribution in [3.63, 3.8) is 0 Å². The summed E-state index contributed by atoms with van der Waals surface area (Å²) in [6, 6.07) is 7.30. The third-order valence-electron chi connectivity index (χ3n) is 6.08. The molecule has 2 saturated heterocycles. The molecule has 0 spiro atoms. The molecule has 180 valence electrons. The molecule has 11 heteroatoms. The van der Waals surface area contributed by atoms with Crippen molar-refractivity contribution in [2.45, 2.75) is 18.3 Å². The maximum Gasteiger partial charge on any atom is 0.163 e. The number of hydrogen-bond acceptors (Lipinski definition) is 8. The predicted octanol–water partition coefficient (Wildman–Crippen LogP) is 5.26. The number of anilines is 2. The third kappa shape index (κ3) is 4.41. The zero-order chi connectivity index (χ0) is 23.8. The Morgan fingerprint density at radius 1 is 1.06 bits per heavy atom. The zero-order valence-corrected chi connectivity index (χ0v) is 21.5. The van der Waals surface area contributed by atoms with Gasteiger partial charge in [-0.3, -0.25) is 0 Å². The van der Waals surface area contributed by atoms with Crippen LogP contribution in [0.4, 0.5) is 11.5 Å². The Hall–Kier alpha value is -1.88. The Morgan fingerprint density at radius 2 is 1.88 bits per heavy atom. The van der Waals surface area contributed by atoms with Crippen molar-refractivity contribution >= 4 is 61.5 Å². The first kappa shape index (κ1) is 23.8. The van der Waals surface area contributed by atoms with Crippen LogP contribution in [0.5, 0.6) is 11.5 Å². The van der Waals surface area contributed by atoms with E-state index in [9.17, 15) is 0 Å². The van der Waals surface area contributed by atoms with E-state index < -0.39 is 0 Å². The smallest absolute Gasteiger partial charge is 0.163 e. The van der Waals surface area contributed by atoms with E-state index in [-0.39, 0.29) is 24.2 Å². The van der Waals surface area contributed by atoms with Crippen LogP contribution in [0, 0.1) is 5.92 Å². The second kappa shape index (κ2) is 10.0. The highest BCUT2D eigenvalue weighted by atomic mass is 79.9. The Balaban J connectivity index is 1.38. The van der Waals surface area contributed by atoms with Gasteiger partial charge in [0.1, 0.15) is 24.4 Å². The molecule has 0 bridgehead atoms. The first-order valence-corrected chi connectivity index (χ1v) is 12.2. The Morgan fingerprint density at radius 3 is 2.68 bits per heavy atom. The summed E-state index contributed by atoms with van der Waals surface area (Å²) in [7, 11) is 3.27. The molecule has 2 fully saturated rings. The molecule has 0 unspecified atom stereocenters. The van der Waals surface area contributed by atoms with Crippen LogP contribution < -0.4 is 14.8 Å². The number of rotatable bonds is 7. The lowest BCUT2D eigenvalue weighted by molar-refractivity contribution is -0.0104. The standard InChI is InChI=1S/C23H22BrCl2N3O5/c1-30-16-5-12-15(27-10-28-23(12)29-14-4-3-13(24)19(25)20(14)26)6-17(16)32-7-11-8-33-22-18(31-2)9-34-21(11)22/h3-6,10-11,18,21-22H,7-9H2,1-2H3,(H,27,28,29)/t11-,18-,21+,22-/m0/s1. The molecule has 1 aromatic heterocycles. The molecular formula is C23H22BrCl2N3O5. The maximum atomic E-state index is 6.40. The van der Waals surface area contributed by atoms with Crippen LogP contribution in [0.2, 0.25) is 10.0 Å². The van der Waals surface area contributed by atoms with E-state index in [4.69, 9.17) is 46.9 Å². The summed E-state index contributed by atoms with van der Waals surface area (Å²) in [5.74, 6) is 1.79. The lowest BCUT2D eigenvalue weighted by Gasteiger charge is -2.18. The number of nitrogens with zero attached hydrogens (tertiary/aromatic N) is 2. The highest BCUT2D eigenvalue weighted by Gasteiger charge is 2.48. The minimum Gasteiger partial charge on any atom is -0.493 e. The van der Waals surface area contributed by atoms with Gasteiger partial charge in [-0.2, -0.15) is 0 Å². The van der Waals surface area contributed by atoms with Crippen molar-refractivity contribution in [2.75, 3.05) is 39.4 Å². The number of benzene rings is 2. The summed E-state index contributed by atoms with van der Waals surface area (Å²) in [6.45, 7) is 1.50. The lowest BCUT2D eigenvalue weighted by atomic mass is 10.0. The quantitative estimate of drug-likeness (QED) is 0.385. The van der Waals surface area contributed by atoms with E-state index in [1.54, 1.807) is 14.2 Å². The van der Waals surface area contributed by atoms with E-state index >= 15 is 0 Å². The predicted molar refractivity (Wildman–Crippen MR) is 133 cm³/mol. The Kier molecular flexibility index (Phi) is 7.02. The molecule has 4 atom stereocenters. The summed E-state index contributed by atoms with van der Waals surface area (Å²) >= 11 is 16.0. The van der Waals surface area contributed by atoms with Crippen molar-refractivity contribution in [3.05, 3.63) is 45.1 Å². The van der Waals surface area contributed by atoms with Gasteiger partial charge in [0.2, 0.25) is 0 Å². The van der Waals surface area contributed by atoms with Gasteiger partial charge in [0.25, 0.3) is 0 Å². The average molecular weight is 571 g/mol. The number of halogens is 3. The SMILES string of the molecule is COc1cc2c(Nc3ccc(Br)c(Cl)c3Cl)ncnc2cc1OC[C@H]1CO[C@@H]2[C@@H]1OC[C@@H]2OC. The molecule has 0 saturated carbocycles. The molecule has 0 radical (unpaired) electrons. The topological polar surface area (TPSA) is 84.0 Å². The van der Waals surface area contributed by atoms with Crippen LogP contribution >= 0.6 is 39.1 Å². The summed E-state index contributed by atoms with van der Waals surface area (Å²) < 4.78 is 29.7. The van der Waals surface area contributed by atoms with E-state index in [0.717, 1.165) is 5.39 Å². The van der Waals surface area contributed by atoms with Gasteiger partial charge in [0.05, 0.1) is 54.3 Å². The Labute approximate surface area is 214 Å². The van der Waals surface area contributed by atoms with Gasteiger partial charge in [0.15, 0.2) is 11.5 Å². The monoisotopic (exact) mass is 569 g/mol.